The van der Waals surface area contributed by atoms with Crippen molar-refractivity contribution in [3.63, 3.8) is 0 Å². The Balaban J connectivity index is 5.53. The van der Waals surface area contributed by atoms with Crippen LogP contribution in [-0.2, 0) is 0 Å². The zero-order valence-electron chi connectivity index (χ0n) is 14.7. The Morgan fingerprint density at radius 2 is 1.85 bits per heavy atom. The van der Waals surface area contributed by atoms with Crippen LogP contribution in [0.1, 0.15) is 61.3 Å². The Labute approximate surface area is 125 Å². The normalized spacial score (nSPS) is 14.9. The average molecular weight is 279 g/mol. The van der Waals surface area contributed by atoms with E-state index in [1.54, 1.807) is 7.05 Å². The summed E-state index contributed by atoms with van der Waals surface area (Å²) in [6.45, 7) is 19.6. The molecule has 3 heteroatoms. The third-order valence-corrected chi connectivity index (χ3v) is 3.60. The first kappa shape index (κ1) is 18.9. The molecule has 1 atom stereocenters. The third-order valence-electron chi connectivity index (χ3n) is 3.60. The molecule has 0 fully saturated rings. The van der Waals surface area contributed by atoms with Gasteiger partial charge in [-0.3, -0.25) is 5.01 Å². The van der Waals surface area contributed by atoms with Crippen LogP contribution in [0, 0.1) is 11.3 Å². The molecule has 0 N–H and O–H groups in total. The fourth-order valence-electron chi connectivity index (χ4n) is 2.66. The zero-order valence-corrected chi connectivity index (χ0v) is 14.7. The fourth-order valence-corrected chi connectivity index (χ4v) is 2.66. The molecule has 0 aromatic rings. The van der Waals surface area contributed by atoms with Crippen LogP contribution in [0.3, 0.4) is 0 Å². The highest BCUT2D eigenvalue weighted by atomic mass is 15.5. The Morgan fingerprint density at radius 1 is 1.30 bits per heavy atom. The number of rotatable bonds is 8. The Bertz CT molecular complexity index is 364. The molecule has 0 spiro atoms. The lowest BCUT2D eigenvalue weighted by molar-refractivity contribution is 0.267. The molecule has 0 saturated heterocycles. The van der Waals surface area contributed by atoms with E-state index in [0.717, 1.165) is 18.4 Å². The minimum Gasteiger partial charge on any atom is -0.251 e. The van der Waals surface area contributed by atoms with E-state index in [4.69, 9.17) is 0 Å². The van der Waals surface area contributed by atoms with Gasteiger partial charge in [0.25, 0.3) is 0 Å². The van der Waals surface area contributed by atoms with Crippen LogP contribution < -0.4 is 0 Å². The Hall–Kier alpha value is -1.12. The molecule has 0 radical (unpaired) electrons. The van der Waals surface area contributed by atoms with Gasteiger partial charge in [0.2, 0.25) is 0 Å². The lowest BCUT2D eigenvalue weighted by Crippen LogP contribution is -2.26. The molecular formula is C17H33N3. The molecule has 0 aromatic heterocycles. The van der Waals surface area contributed by atoms with Crippen LogP contribution in [0.4, 0.5) is 0 Å². The lowest BCUT2D eigenvalue weighted by Gasteiger charge is -2.32. The van der Waals surface area contributed by atoms with Crippen LogP contribution in [0.5, 0.6) is 0 Å². The van der Waals surface area contributed by atoms with Gasteiger partial charge < -0.3 is 0 Å². The summed E-state index contributed by atoms with van der Waals surface area (Å²) < 4.78 is 0. The molecule has 0 bridgehead atoms. The van der Waals surface area contributed by atoms with Gasteiger partial charge in [-0.15, -0.1) is 0 Å². The predicted octanol–water partition coefficient (Wildman–Crippen LogP) is 5.62. The summed E-state index contributed by atoms with van der Waals surface area (Å²) in [6.07, 6.45) is 4.29. The van der Waals surface area contributed by atoms with E-state index < -0.39 is 0 Å². The SMILES string of the molecule is C=C(C)/C(=C\N(N=NC)C(C)CC)C(C)(C)CC(C)C. The first-order chi connectivity index (χ1) is 9.15. The highest BCUT2D eigenvalue weighted by molar-refractivity contribution is 5.31. The maximum absolute atomic E-state index is 4.25. The smallest absolute Gasteiger partial charge is 0.0509 e. The van der Waals surface area contributed by atoms with E-state index >= 15 is 0 Å². The number of nitrogens with zero attached hydrogens (tertiary/aromatic N) is 3. The van der Waals surface area contributed by atoms with Gasteiger partial charge in [-0.25, -0.2) is 0 Å². The van der Waals surface area contributed by atoms with Gasteiger partial charge in [0.1, 0.15) is 0 Å². The van der Waals surface area contributed by atoms with Crippen molar-refractivity contribution >= 4 is 0 Å². The van der Waals surface area contributed by atoms with Gasteiger partial charge in [0, 0.05) is 6.20 Å². The van der Waals surface area contributed by atoms with Crippen LogP contribution in [-0.4, -0.2) is 18.1 Å². The molecule has 0 saturated carbocycles. The standard InChI is InChI=1S/C17H33N3/c1-10-15(6)20(19-18-9)12-16(14(4)5)17(7,8)11-13(2)3/h12-13,15H,4,10-11H2,1-3,5-9H3/b16-12+,19-18?. The maximum atomic E-state index is 4.25. The van der Waals surface area contributed by atoms with E-state index in [1.807, 2.05) is 5.01 Å². The van der Waals surface area contributed by atoms with Gasteiger partial charge in [0.15, 0.2) is 0 Å². The van der Waals surface area contributed by atoms with Gasteiger partial charge in [-0.1, -0.05) is 52.0 Å². The predicted molar refractivity (Wildman–Crippen MR) is 88.5 cm³/mol. The molecule has 0 aliphatic carbocycles. The second-order valence-electron chi connectivity index (χ2n) is 6.73. The minimum atomic E-state index is 0.0922. The van der Waals surface area contributed by atoms with E-state index in [9.17, 15) is 0 Å². The summed E-state index contributed by atoms with van der Waals surface area (Å²) in [4.78, 5) is 0. The molecule has 0 rings (SSSR count). The molecule has 1 unspecified atom stereocenters. The molecule has 0 aliphatic rings. The van der Waals surface area contributed by atoms with Crippen molar-refractivity contribution in [3.05, 3.63) is 23.9 Å². The number of allylic oxidation sites excluding steroid dienone is 2. The van der Waals surface area contributed by atoms with Crippen molar-refractivity contribution in [3.8, 4) is 0 Å². The van der Waals surface area contributed by atoms with Gasteiger partial charge in [0.05, 0.1) is 13.1 Å². The second kappa shape index (κ2) is 8.23. The van der Waals surface area contributed by atoms with E-state index in [0.29, 0.717) is 12.0 Å². The van der Waals surface area contributed by atoms with E-state index in [-0.39, 0.29) is 5.41 Å². The van der Waals surface area contributed by atoms with Gasteiger partial charge in [-0.05, 0) is 43.6 Å². The van der Waals surface area contributed by atoms with E-state index in [2.05, 4.69) is 71.6 Å². The summed E-state index contributed by atoms with van der Waals surface area (Å²) in [5.74, 6) is 0.651. The summed E-state index contributed by atoms with van der Waals surface area (Å²) in [5, 5.41) is 10.2. The zero-order chi connectivity index (χ0) is 15.9. The average Bonchev–Trinajstić information content (AvgIpc) is 2.30. The van der Waals surface area contributed by atoms with Crippen molar-refractivity contribution in [1.29, 1.82) is 0 Å². The highest BCUT2D eigenvalue weighted by Gasteiger charge is 2.26. The minimum absolute atomic E-state index is 0.0922. The Kier molecular flexibility index (Phi) is 7.77. The van der Waals surface area contributed by atoms with Crippen LogP contribution >= 0.6 is 0 Å². The summed E-state index contributed by atoms with van der Waals surface area (Å²) in [6, 6.07) is 0.336. The molecule has 0 aliphatic heterocycles. The van der Waals surface area contributed by atoms with Crippen LogP contribution in [0.2, 0.25) is 0 Å². The van der Waals surface area contributed by atoms with Gasteiger partial charge in [-0.2, -0.15) is 5.11 Å². The van der Waals surface area contributed by atoms with Crippen LogP contribution in [0.15, 0.2) is 34.3 Å². The molecule has 0 heterocycles. The summed E-state index contributed by atoms with van der Waals surface area (Å²) in [5.41, 5.74) is 2.46. The first-order valence-electron chi connectivity index (χ1n) is 7.62. The monoisotopic (exact) mass is 279 g/mol. The summed E-state index contributed by atoms with van der Waals surface area (Å²) in [7, 11) is 1.71. The van der Waals surface area contributed by atoms with Crippen molar-refractivity contribution < 1.29 is 0 Å². The van der Waals surface area contributed by atoms with Crippen molar-refractivity contribution in [2.24, 2.45) is 21.7 Å². The fraction of sp³-hybridized carbons (Fsp3) is 0.765. The molecular weight excluding hydrogens is 246 g/mol. The molecule has 20 heavy (non-hydrogen) atoms. The largest absolute Gasteiger partial charge is 0.251 e. The molecule has 0 aromatic carbocycles. The van der Waals surface area contributed by atoms with E-state index in [1.165, 1.54) is 5.57 Å². The second-order valence-corrected chi connectivity index (χ2v) is 6.73. The highest BCUT2D eigenvalue weighted by Crippen LogP contribution is 2.37. The Morgan fingerprint density at radius 3 is 2.20 bits per heavy atom. The number of hydrogen-bond donors (Lipinski definition) is 0. The lowest BCUT2D eigenvalue weighted by atomic mass is 9.75. The number of hydrogen-bond acceptors (Lipinski definition) is 2. The molecule has 116 valence electrons. The quantitative estimate of drug-likeness (QED) is 0.322. The van der Waals surface area contributed by atoms with Crippen LogP contribution in [0.25, 0.3) is 0 Å². The van der Waals surface area contributed by atoms with Crippen molar-refractivity contribution in [2.45, 2.75) is 67.3 Å². The van der Waals surface area contributed by atoms with Gasteiger partial charge >= 0.3 is 0 Å². The molecule has 0 amide bonds. The first-order valence-corrected chi connectivity index (χ1v) is 7.62. The maximum Gasteiger partial charge on any atom is 0.0509 e. The van der Waals surface area contributed by atoms with Crippen molar-refractivity contribution in [2.75, 3.05) is 7.05 Å². The summed E-state index contributed by atoms with van der Waals surface area (Å²) >= 11 is 0. The topological polar surface area (TPSA) is 28.0 Å². The van der Waals surface area contributed by atoms with Crippen molar-refractivity contribution in [1.82, 2.24) is 5.01 Å². The molecule has 3 nitrogen and oxygen atoms in total. The third kappa shape index (κ3) is 5.89.